The normalized spacial score (nSPS) is 10.5. The molecule has 0 unspecified atom stereocenters. The minimum Gasteiger partial charge on any atom is -0.496 e. The van der Waals surface area contributed by atoms with E-state index in [1.165, 1.54) is 24.3 Å². The van der Waals surface area contributed by atoms with E-state index in [-0.39, 0.29) is 17.9 Å². The first-order valence-corrected chi connectivity index (χ1v) is 8.63. The van der Waals surface area contributed by atoms with Gasteiger partial charge in [0, 0.05) is 6.54 Å². The number of benzene rings is 2. The zero-order chi connectivity index (χ0) is 20.5. The van der Waals surface area contributed by atoms with E-state index in [1.807, 2.05) is 25.1 Å². The second-order valence-corrected chi connectivity index (χ2v) is 5.97. The van der Waals surface area contributed by atoms with Crippen LogP contribution in [-0.2, 0) is 11.2 Å². The summed E-state index contributed by atoms with van der Waals surface area (Å²) in [5.74, 6) is -0.579. The largest absolute Gasteiger partial charge is 0.496 e. The second-order valence-electron chi connectivity index (χ2n) is 5.97. The van der Waals surface area contributed by atoms with Gasteiger partial charge in [-0.3, -0.25) is 9.59 Å². The Morgan fingerprint density at radius 1 is 1.07 bits per heavy atom. The molecule has 0 saturated heterocycles. The molecule has 28 heavy (non-hydrogen) atoms. The third-order valence-electron chi connectivity index (χ3n) is 3.91. The number of rotatable bonds is 9. The fraction of sp³-hybridized carbons (Fsp3) is 0.300. The fourth-order valence-corrected chi connectivity index (χ4v) is 2.61. The number of nitrogens with one attached hydrogen (secondary N) is 2. The predicted octanol–water partition coefficient (Wildman–Crippen LogP) is 2.69. The zero-order valence-corrected chi connectivity index (χ0v) is 15.6. The number of methoxy groups -OCH3 is 1. The predicted molar refractivity (Wildman–Crippen MR) is 99.9 cm³/mol. The van der Waals surface area contributed by atoms with E-state index in [9.17, 15) is 18.4 Å². The summed E-state index contributed by atoms with van der Waals surface area (Å²) in [6, 6.07) is 11.4. The van der Waals surface area contributed by atoms with Gasteiger partial charge in [0.15, 0.2) is 0 Å². The molecule has 0 spiro atoms. The summed E-state index contributed by atoms with van der Waals surface area (Å²) < 4.78 is 34.4. The van der Waals surface area contributed by atoms with Crippen LogP contribution < -0.4 is 20.1 Å². The Morgan fingerprint density at radius 3 is 2.54 bits per heavy atom. The number of hydrogen-bond donors (Lipinski definition) is 2. The van der Waals surface area contributed by atoms with Gasteiger partial charge in [-0.25, -0.2) is 0 Å². The number of hydrogen-bond acceptors (Lipinski definition) is 4. The second kappa shape index (κ2) is 10.2. The maximum atomic E-state index is 12.4. The lowest BCUT2D eigenvalue weighted by molar-refractivity contribution is -0.120. The Morgan fingerprint density at radius 2 is 1.82 bits per heavy atom. The highest BCUT2D eigenvalue weighted by molar-refractivity contribution is 5.98. The third-order valence-corrected chi connectivity index (χ3v) is 3.91. The Labute approximate surface area is 161 Å². The minimum absolute atomic E-state index is 0.0694. The van der Waals surface area contributed by atoms with E-state index in [4.69, 9.17) is 4.74 Å². The average Bonchev–Trinajstić information content (AvgIpc) is 2.66. The van der Waals surface area contributed by atoms with Crippen LogP contribution in [0.5, 0.6) is 11.5 Å². The molecule has 0 heterocycles. The summed E-state index contributed by atoms with van der Waals surface area (Å²) in [6.45, 7) is -1.00. The number of alkyl halides is 2. The van der Waals surface area contributed by atoms with Gasteiger partial charge < -0.3 is 20.1 Å². The van der Waals surface area contributed by atoms with Crippen molar-refractivity contribution in [2.45, 2.75) is 20.0 Å². The van der Waals surface area contributed by atoms with E-state index < -0.39 is 18.4 Å². The van der Waals surface area contributed by atoms with Crippen molar-refractivity contribution in [2.24, 2.45) is 0 Å². The molecular weight excluding hydrogens is 370 g/mol. The number of amides is 2. The van der Waals surface area contributed by atoms with E-state index >= 15 is 0 Å². The van der Waals surface area contributed by atoms with Gasteiger partial charge in [-0.2, -0.15) is 8.78 Å². The smallest absolute Gasteiger partial charge is 0.387 e. The Kier molecular flexibility index (Phi) is 7.74. The zero-order valence-electron chi connectivity index (χ0n) is 15.6. The molecule has 0 fully saturated rings. The maximum Gasteiger partial charge on any atom is 0.387 e. The molecule has 6 nitrogen and oxygen atoms in total. The summed E-state index contributed by atoms with van der Waals surface area (Å²) in [5, 5.41) is 5.09. The summed E-state index contributed by atoms with van der Waals surface area (Å²) in [5.41, 5.74) is 1.98. The highest BCUT2D eigenvalue weighted by Crippen LogP contribution is 2.20. The van der Waals surface area contributed by atoms with Crippen molar-refractivity contribution in [1.82, 2.24) is 10.6 Å². The standard InChI is InChI=1S/C20H22F2N2O4/c1-13-7-8-16(27-2)14(11-13)9-10-23-18(25)12-24-19(26)15-5-3-4-6-17(15)28-20(21)22/h3-8,11,20H,9-10,12H2,1-2H3,(H,23,25)(H,24,26). The first kappa shape index (κ1) is 21.1. The lowest BCUT2D eigenvalue weighted by Gasteiger charge is -2.12. The minimum atomic E-state index is -3.05. The highest BCUT2D eigenvalue weighted by atomic mass is 19.3. The van der Waals surface area contributed by atoms with E-state index in [2.05, 4.69) is 15.4 Å². The quantitative estimate of drug-likeness (QED) is 0.688. The third kappa shape index (κ3) is 6.22. The lowest BCUT2D eigenvalue weighted by Crippen LogP contribution is -2.37. The molecular formula is C20H22F2N2O4. The van der Waals surface area contributed by atoms with Gasteiger partial charge in [0.1, 0.15) is 11.5 Å². The van der Waals surface area contributed by atoms with E-state index in [0.29, 0.717) is 13.0 Å². The summed E-state index contributed by atoms with van der Waals surface area (Å²) >= 11 is 0. The molecule has 2 aromatic carbocycles. The number of carbonyl (C=O) groups is 2. The van der Waals surface area contributed by atoms with Crippen LogP contribution in [0.15, 0.2) is 42.5 Å². The SMILES string of the molecule is COc1ccc(C)cc1CCNC(=O)CNC(=O)c1ccccc1OC(F)F. The van der Waals surface area contributed by atoms with Crippen molar-refractivity contribution in [3.63, 3.8) is 0 Å². The summed E-state index contributed by atoms with van der Waals surface area (Å²) in [6.07, 6.45) is 0.565. The molecule has 2 aromatic rings. The monoisotopic (exact) mass is 392 g/mol. The molecule has 0 aliphatic heterocycles. The first-order valence-electron chi connectivity index (χ1n) is 8.63. The molecule has 0 saturated carbocycles. The van der Waals surface area contributed by atoms with Gasteiger partial charge in [0.05, 0.1) is 19.2 Å². The van der Waals surface area contributed by atoms with Crippen LogP contribution in [0.2, 0.25) is 0 Å². The maximum absolute atomic E-state index is 12.4. The van der Waals surface area contributed by atoms with Crippen LogP contribution >= 0.6 is 0 Å². The number of aryl methyl sites for hydroxylation is 1. The van der Waals surface area contributed by atoms with Gasteiger partial charge >= 0.3 is 6.61 Å². The molecule has 2 rings (SSSR count). The van der Waals surface area contributed by atoms with Crippen LogP contribution in [0.25, 0.3) is 0 Å². The molecule has 0 atom stereocenters. The van der Waals surface area contributed by atoms with Crippen molar-refractivity contribution in [3.05, 3.63) is 59.2 Å². The number of ether oxygens (including phenoxy) is 2. The van der Waals surface area contributed by atoms with Crippen molar-refractivity contribution in [2.75, 3.05) is 20.2 Å². The Bertz CT molecular complexity index is 828. The van der Waals surface area contributed by atoms with Crippen LogP contribution in [0, 0.1) is 6.92 Å². The molecule has 8 heteroatoms. The van der Waals surface area contributed by atoms with Gasteiger partial charge in [-0.15, -0.1) is 0 Å². The van der Waals surface area contributed by atoms with Crippen molar-refractivity contribution in [1.29, 1.82) is 0 Å². The highest BCUT2D eigenvalue weighted by Gasteiger charge is 2.16. The van der Waals surface area contributed by atoms with Crippen LogP contribution in [0.1, 0.15) is 21.5 Å². The number of para-hydroxylation sites is 1. The molecule has 0 radical (unpaired) electrons. The molecule has 0 aromatic heterocycles. The summed E-state index contributed by atoms with van der Waals surface area (Å²) in [4.78, 5) is 24.1. The summed E-state index contributed by atoms with van der Waals surface area (Å²) in [7, 11) is 1.58. The number of carbonyl (C=O) groups excluding carboxylic acids is 2. The molecule has 0 aliphatic rings. The van der Waals surface area contributed by atoms with Crippen LogP contribution in [0.4, 0.5) is 8.78 Å². The number of halogens is 2. The van der Waals surface area contributed by atoms with Gasteiger partial charge in [-0.05, 0) is 37.1 Å². The molecule has 2 N–H and O–H groups in total. The fourth-order valence-electron chi connectivity index (χ4n) is 2.61. The lowest BCUT2D eigenvalue weighted by atomic mass is 10.1. The van der Waals surface area contributed by atoms with Crippen molar-refractivity contribution < 1.29 is 27.8 Å². The van der Waals surface area contributed by atoms with Crippen molar-refractivity contribution >= 4 is 11.8 Å². The van der Waals surface area contributed by atoms with Gasteiger partial charge in [0.2, 0.25) is 5.91 Å². The average molecular weight is 392 g/mol. The van der Waals surface area contributed by atoms with Crippen LogP contribution in [-0.4, -0.2) is 38.6 Å². The van der Waals surface area contributed by atoms with Crippen LogP contribution in [0.3, 0.4) is 0 Å². The first-order chi connectivity index (χ1) is 13.4. The Hall–Kier alpha value is -3.16. The van der Waals surface area contributed by atoms with Crippen molar-refractivity contribution in [3.8, 4) is 11.5 Å². The van der Waals surface area contributed by atoms with Gasteiger partial charge in [-0.1, -0.05) is 29.8 Å². The molecule has 0 bridgehead atoms. The molecule has 0 aliphatic carbocycles. The van der Waals surface area contributed by atoms with Gasteiger partial charge in [0.25, 0.3) is 5.91 Å². The van der Waals surface area contributed by atoms with E-state index in [0.717, 1.165) is 16.9 Å². The van der Waals surface area contributed by atoms with E-state index in [1.54, 1.807) is 7.11 Å². The molecule has 150 valence electrons. The topological polar surface area (TPSA) is 76.7 Å². The Balaban J connectivity index is 1.83. The molecule has 2 amide bonds.